The van der Waals surface area contributed by atoms with Crippen molar-refractivity contribution in [3.05, 3.63) is 88.5 Å². The lowest BCUT2D eigenvalue weighted by Crippen LogP contribution is -2.13. The van der Waals surface area contributed by atoms with E-state index in [2.05, 4.69) is 15.6 Å². The minimum absolute atomic E-state index is 0.0975. The van der Waals surface area contributed by atoms with Crippen molar-refractivity contribution in [2.75, 3.05) is 5.32 Å². The summed E-state index contributed by atoms with van der Waals surface area (Å²) in [6.45, 7) is 2.17. The maximum Gasteiger partial charge on any atom is 0.279 e. The first-order chi connectivity index (χ1) is 14.0. The zero-order chi connectivity index (χ0) is 20.4. The number of nitrogens with zero attached hydrogens (tertiary/aromatic N) is 3. The van der Waals surface area contributed by atoms with E-state index < -0.39 is 5.91 Å². The van der Waals surface area contributed by atoms with E-state index in [-0.39, 0.29) is 28.9 Å². The second-order valence-corrected chi connectivity index (χ2v) is 6.92. The van der Waals surface area contributed by atoms with Gasteiger partial charge in [-0.05, 0) is 13.0 Å². The highest BCUT2D eigenvalue weighted by Gasteiger charge is 2.17. The number of amides is 1. The van der Waals surface area contributed by atoms with Gasteiger partial charge in [-0.25, -0.2) is 4.39 Å². The molecule has 0 fully saturated rings. The SMILES string of the molecule is Cc1ccc(-c2cc(C(=O)Nc3nn(Cc4ccccc4F)cc3Cl)no2)cc1. The van der Waals surface area contributed by atoms with Crippen LogP contribution in [-0.4, -0.2) is 20.8 Å². The summed E-state index contributed by atoms with van der Waals surface area (Å²) in [5, 5.41) is 10.9. The number of aryl methyl sites for hydroxylation is 1. The largest absolute Gasteiger partial charge is 0.355 e. The van der Waals surface area contributed by atoms with E-state index in [1.54, 1.807) is 24.3 Å². The van der Waals surface area contributed by atoms with Crippen molar-refractivity contribution in [1.82, 2.24) is 14.9 Å². The minimum Gasteiger partial charge on any atom is -0.355 e. The lowest BCUT2D eigenvalue weighted by molar-refractivity contribution is 0.101. The van der Waals surface area contributed by atoms with Crippen LogP contribution in [0.4, 0.5) is 10.2 Å². The molecule has 146 valence electrons. The highest BCUT2D eigenvalue weighted by molar-refractivity contribution is 6.33. The van der Waals surface area contributed by atoms with Gasteiger partial charge in [0.05, 0.1) is 6.54 Å². The molecule has 0 aliphatic heterocycles. The minimum atomic E-state index is -0.509. The summed E-state index contributed by atoms with van der Waals surface area (Å²) in [5.41, 5.74) is 2.49. The molecule has 1 amide bonds. The molecule has 29 heavy (non-hydrogen) atoms. The van der Waals surface area contributed by atoms with Crippen LogP contribution in [0.2, 0.25) is 5.02 Å². The Kier molecular flexibility index (Phi) is 5.14. The molecule has 0 aliphatic rings. The third-order valence-electron chi connectivity index (χ3n) is 4.32. The van der Waals surface area contributed by atoms with Gasteiger partial charge < -0.3 is 9.84 Å². The second kappa shape index (κ2) is 7.89. The average molecular weight is 411 g/mol. The van der Waals surface area contributed by atoms with Crippen LogP contribution in [0, 0.1) is 12.7 Å². The van der Waals surface area contributed by atoms with Gasteiger partial charge in [0.2, 0.25) is 0 Å². The molecule has 0 saturated heterocycles. The normalized spacial score (nSPS) is 10.9. The van der Waals surface area contributed by atoms with E-state index in [4.69, 9.17) is 16.1 Å². The Labute approximate surface area is 170 Å². The van der Waals surface area contributed by atoms with Crippen molar-refractivity contribution >= 4 is 23.3 Å². The number of hydrogen-bond acceptors (Lipinski definition) is 4. The number of hydrogen-bond donors (Lipinski definition) is 1. The van der Waals surface area contributed by atoms with E-state index in [9.17, 15) is 9.18 Å². The van der Waals surface area contributed by atoms with Crippen LogP contribution in [-0.2, 0) is 6.54 Å². The molecule has 0 atom stereocenters. The van der Waals surface area contributed by atoms with Gasteiger partial charge in [-0.15, -0.1) is 0 Å². The molecule has 4 rings (SSSR count). The Morgan fingerprint density at radius 2 is 1.97 bits per heavy atom. The molecule has 0 aliphatic carbocycles. The monoisotopic (exact) mass is 410 g/mol. The summed E-state index contributed by atoms with van der Waals surface area (Å²) < 4.78 is 20.5. The van der Waals surface area contributed by atoms with Crippen LogP contribution in [0.5, 0.6) is 0 Å². The van der Waals surface area contributed by atoms with Crippen LogP contribution in [0.15, 0.2) is 65.3 Å². The summed E-state index contributed by atoms with van der Waals surface area (Å²) >= 11 is 6.16. The fraction of sp³-hybridized carbons (Fsp3) is 0.0952. The van der Waals surface area contributed by atoms with Gasteiger partial charge in [0.25, 0.3) is 5.91 Å². The predicted octanol–water partition coefficient (Wildman–Crippen LogP) is 4.94. The third-order valence-corrected chi connectivity index (χ3v) is 4.59. The fourth-order valence-corrected chi connectivity index (χ4v) is 2.97. The Morgan fingerprint density at radius 3 is 2.72 bits per heavy atom. The molecular weight excluding hydrogens is 395 g/mol. The van der Waals surface area contributed by atoms with Crippen molar-refractivity contribution in [3.63, 3.8) is 0 Å². The molecule has 4 aromatic rings. The number of aromatic nitrogens is 3. The van der Waals surface area contributed by atoms with Gasteiger partial charge in [-0.3, -0.25) is 9.48 Å². The molecule has 2 heterocycles. The lowest BCUT2D eigenvalue weighted by Gasteiger charge is -2.03. The topological polar surface area (TPSA) is 73.0 Å². The number of benzene rings is 2. The van der Waals surface area contributed by atoms with E-state index in [0.29, 0.717) is 11.3 Å². The number of nitrogens with one attached hydrogen (secondary N) is 1. The summed E-state index contributed by atoms with van der Waals surface area (Å²) in [6.07, 6.45) is 1.52. The molecule has 0 radical (unpaired) electrons. The quantitative estimate of drug-likeness (QED) is 0.505. The summed E-state index contributed by atoms with van der Waals surface area (Å²) in [5.74, 6) is -0.208. The molecule has 8 heteroatoms. The second-order valence-electron chi connectivity index (χ2n) is 6.51. The smallest absolute Gasteiger partial charge is 0.279 e. The van der Waals surface area contributed by atoms with E-state index >= 15 is 0 Å². The zero-order valence-corrected chi connectivity index (χ0v) is 16.2. The summed E-state index contributed by atoms with van der Waals surface area (Å²) in [7, 11) is 0. The molecule has 0 spiro atoms. The number of carbonyl (C=O) groups is 1. The Bertz CT molecular complexity index is 1170. The highest BCUT2D eigenvalue weighted by Crippen LogP contribution is 2.23. The number of halogens is 2. The molecule has 6 nitrogen and oxygen atoms in total. The number of anilines is 1. The van der Waals surface area contributed by atoms with Crippen LogP contribution < -0.4 is 5.32 Å². The first-order valence-electron chi connectivity index (χ1n) is 8.81. The maximum absolute atomic E-state index is 13.8. The van der Waals surface area contributed by atoms with Gasteiger partial charge in [-0.2, -0.15) is 5.10 Å². The van der Waals surface area contributed by atoms with Gasteiger partial charge in [0.1, 0.15) is 10.8 Å². The van der Waals surface area contributed by atoms with E-state index in [0.717, 1.165) is 11.1 Å². The van der Waals surface area contributed by atoms with Gasteiger partial charge in [0.15, 0.2) is 17.3 Å². The zero-order valence-electron chi connectivity index (χ0n) is 15.4. The number of rotatable bonds is 5. The van der Waals surface area contributed by atoms with E-state index in [1.807, 2.05) is 31.2 Å². The van der Waals surface area contributed by atoms with Gasteiger partial charge in [-0.1, -0.05) is 64.8 Å². The Morgan fingerprint density at radius 1 is 1.21 bits per heavy atom. The lowest BCUT2D eigenvalue weighted by atomic mass is 10.1. The van der Waals surface area contributed by atoms with Crippen LogP contribution in [0.3, 0.4) is 0 Å². The van der Waals surface area contributed by atoms with Crippen molar-refractivity contribution in [3.8, 4) is 11.3 Å². The Hall–Kier alpha value is -3.45. The Balaban J connectivity index is 1.48. The standard InChI is InChI=1S/C21H16ClFN4O2/c1-13-6-8-14(9-7-13)19-10-18(26-29-19)21(28)24-20-16(22)12-27(25-20)11-15-4-2-3-5-17(15)23/h2-10,12H,11H2,1H3,(H,24,25,28). The van der Waals surface area contributed by atoms with Crippen molar-refractivity contribution in [1.29, 1.82) is 0 Å². The molecule has 0 bridgehead atoms. The van der Waals surface area contributed by atoms with Crippen LogP contribution in [0.1, 0.15) is 21.6 Å². The summed E-state index contributed by atoms with van der Waals surface area (Å²) in [6, 6.07) is 15.6. The average Bonchev–Trinajstić information content (AvgIpc) is 3.32. The van der Waals surface area contributed by atoms with Crippen molar-refractivity contribution in [2.45, 2.75) is 13.5 Å². The van der Waals surface area contributed by atoms with Crippen molar-refractivity contribution in [2.24, 2.45) is 0 Å². The molecule has 0 unspecified atom stereocenters. The van der Waals surface area contributed by atoms with Crippen molar-refractivity contribution < 1.29 is 13.7 Å². The highest BCUT2D eigenvalue weighted by atomic mass is 35.5. The van der Waals surface area contributed by atoms with Crippen LogP contribution >= 0.6 is 11.6 Å². The van der Waals surface area contributed by atoms with Gasteiger partial charge in [0, 0.05) is 23.4 Å². The first-order valence-corrected chi connectivity index (χ1v) is 9.19. The molecule has 0 saturated carbocycles. The van der Waals surface area contributed by atoms with Crippen LogP contribution in [0.25, 0.3) is 11.3 Å². The molecule has 2 aromatic carbocycles. The van der Waals surface area contributed by atoms with Gasteiger partial charge >= 0.3 is 0 Å². The van der Waals surface area contributed by atoms with E-state index in [1.165, 1.54) is 16.9 Å². The molecular formula is C21H16ClFN4O2. The molecule has 2 aromatic heterocycles. The third kappa shape index (κ3) is 4.20. The maximum atomic E-state index is 13.8. The fourth-order valence-electron chi connectivity index (χ4n) is 2.77. The first kappa shape index (κ1) is 18.9. The number of carbonyl (C=O) groups excluding carboxylic acids is 1. The predicted molar refractivity (Wildman–Crippen MR) is 107 cm³/mol. The molecule has 1 N–H and O–H groups in total. The summed E-state index contributed by atoms with van der Waals surface area (Å²) in [4.78, 5) is 12.5.